The Balaban J connectivity index is 1.26. The number of amides is 2. The predicted octanol–water partition coefficient (Wildman–Crippen LogP) is 4.20. The molecule has 4 aromatic rings. The normalized spacial score (nSPS) is 14.7. The minimum Gasteiger partial charge on any atom is -0.354 e. The van der Waals surface area contributed by atoms with Crippen LogP contribution in [-0.2, 0) is 19.8 Å². The first-order valence-corrected chi connectivity index (χ1v) is 14.0. The number of nitrogens with zero attached hydrogens (tertiary/aromatic N) is 6. The molecule has 1 aliphatic heterocycles. The fourth-order valence-corrected chi connectivity index (χ4v) is 4.96. The molecule has 14 heteroatoms. The van der Waals surface area contributed by atoms with Gasteiger partial charge < -0.3 is 21.3 Å². The van der Waals surface area contributed by atoms with Crippen LogP contribution in [0, 0.1) is 0 Å². The van der Waals surface area contributed by atoms with E-state index in [4.69, 9.17) is 5.73 Å². The fraction of sp³-hybridized carbons (Fsp3) is 0.379. The second-order valence-corrected chi connectivity index (χ2v) is 10.6. The molecule has 11 nitrogen and oxygen atoms in total. The average molecular weight is 597 g/mol. The summed E-state index contributed by atoms with van der Waals surface area (Å²) < 4.78 is 43.4. The number of urea groups is 1. The number of anilines is 3. The first-order valence-electron chi connectivity index (χ1n) is 14.0. The Bertz CT molecular complexity index is 1580. The van der Waals surface area contributed by atoms with Gasteiger partial charge in [0.2, 0.25) is 5.95 Å². The summed E-state index contributed by atoms with van der Waals surface area (Å²) in [5.74, 6) is 0.771. The zero-order valence-electron chi connectivity index (χ0n) is 24.1. The summed E-state index contributed by atoms with van der Waals surface area (Å²) in [4.78, 5) is 25.8. The molecule has 5 N–H and O–H groups in total. The number of nitrogens with two attached hydrogens (primary N) is 1. The van der Waals surface area contributed by atoms with E-state index in [1.165, 1.54) is 12.1 Å². The Morgan fingerprint density at radius 3 is 2.56 bits per heavy atom. The highest BCUT2D eigenvalue weighted by molar-refractivity contribution is 5.99. The minimum atomic E-state index is -4.56. The molecule has 2 amide bonds. The van der Waals surface area contributed by atoms with Gasteiger partial charge in [-0.1, -0.05) is 12.1 Å². The Morgan fingerprint density at radius 1 is 1.02 bits per heavy atom. The van der Waals surface area contributed by atoms with Crippen LogP contribution in [0.4, 0.5) is 35.4 Å². The summed E-state index contributed by atoms with van der Waals surface area (Å²) in [7, 11) is 3.73. The van der Waals surface area contributed by atoms with Gasteiger partial charge in [-0.15, -0.1) is 0 Å². The molecule has 0 bridgehead atoms. The summed E-state index contributed by atoms with van der Waals surface area (Å²) in [5.41, 5.74) is 7.29. The van der Waals surface area contributed by atoms with Crippen molar-refractivity contribution in [2.45, 2.75) is 19.1 Å². The van der Waals surface area contributed by atoms with Gasteiger partial charge in [-0.25, -0.2) is 14.8 Å². The van der Waals surface area contributed by atoms with Gasteiger partial charge in [0.1, 0.15) is 0 Å². The Morgan fingerprint density at radius 2 is 1.81 bits per heavy atom. The SMILES string of the molecule is CN1CCN(Cc2ccc(NC(=O)Nc3cc(-c4ccc5nc(NCCCN)ncc5c4)n(C)n3)cc2C(F)(F)F)CC1. The number of likely N-dealkylation sites (N-methyl/N-ethyl adjacent to an activating group) is 1. The molecule has 0 unspecified atom stereocenters. The molecule has 0 aliphatic carbocycles. The van der Waals surface area contributed by atoms with Crippen molar-refractivity contribution < 1.29 is 18.0 Å². The standard InChI is InChI=1S/C29H35F3N10O/c1-40-10-12-42(13-11-40)18-20-4-6-22(15-23(20)29(30,31)32)36-28(43)38-26-16-25(41(2)39-26)19-5-7-24-21(14-19)17-35-27(37-24)34-9-3-8-33/h4-7,14-17H,3,8-13,18,33H2,1-2H3,(H,34,35,37)(H2,36,38,39,43). The van der Waals surface area contributed by atoms with Crippen LogP contribution in [-0.4, -0.2) is 81.9 Å². The third-order valence-corrected chi connectivity index (χ3v) is 7.32. The zero-order chi connectivity index (χ0) is 30.6. The number of alkyl halides is 3. The molecule has 1 saturated heterocycles. The molecular weight excluding hydrogens is 561 g/mol. The van der Waals surface area contributed by atoms with Crippen molar-refractivity contribution in [3.8, 4) is 11.3 Å². The number of carbonyl (C=O) groups is 1. The highest BCUT2D eigenvalue weighted by atomic mass is 19.4. The highest BCUT2D eigenvalue weighted by Crippen LogP contribution is 2.35. The summed E-state index contributed by atoms with van der Waals surface area (Å²) in [6.45, 7) is 4.47. The largest absolute Gasteiger partial charge is 0.416 e. The molecular formula is C29H35F3N10O. The molecule has 3 heterocycles. The quantitative estimate of drug-likeness (QED) is 0.212. The number of nitrogens with one attached hydrogen (secondary N) is 3. The number of aryl methyl sites for hydroxylation is 1. The lowest BCUT2D eigenvalue weighted by Gasteiger charge is -2.33. The molecule has 43 heavy (non-hydrogen) atoms. The Labute approximate surface area is 247 Å². The number of hydrogen-bond acceptors (Lipinski definition) is 8. The lowest BCUT2D eigenvalue weighted by atomic mass is 10.0. The number of carbonyl (C=O) groups excluding carboxylic acids is 1. The predicted molar refractivity (Wildman–Crippen MR) is 161 cm³/mol. The first kappa shape index (κ1) is 30.2. The lowest BCUT2D eigenvalue weighted by molar-refractivity contribution is -0.138. The van der Waals surface area contributed by atoms with Crippen LogP contribution in [0.5, 0.6) is 0 Å². The Hall–Kier alpha value is -4.27. The molecule has 228 valence electrons. The smallest absolute Gasteiger partial charge is 0.354 e. The monoisotopic (exact) mass is 596 g/mol. The second-order valence-electron chi connectivity index (χ2n) is 10.6. The number of fused-ring (bicyclic) bond motifs is 1. The van der Waals surface area contributed by atoms with E-state index in [2.05, 4.69) is 35.9 Å². The van der Waals surface area contributed by atoms with Crippen LogP contribution in [0.3, 0.4) is 0 Å². The van der Waals surface area contributed by atoms with Crippen LogP contribution >= 0.6 is 0 Å². The molecule has 0 radical (unpaired) electrons. The van der Waals surface area contributed by atoms with Crippen molar-refractivity contribution in [3.05, 3.63) is 59.8 Å². The first-order chi connectivity index (χ1) is 20.6. The summed E-state index contributed by atoms with van der Waals surface area (Å²) in [6, 6.07) is 10.6. The van der Waals surface area contributed by atoms with Crippen molar-refractivity contribution >= 4 is 34.4 Å². The fourth-order valence-electron chi connectivity index (χ4n) is 4.96. The average Bonchev–Trinajstić information content (AvgIpc) is 3.33. The highest BCUT2D eigenvalue weighted by Gasteiger charge is 2.34. The van der Waals surface area contributed by atoms with E-state index in [0.717, 1.165) is 47.7 Å². The van der Waals surface area contributed by atoms with E-state index in [9.17, 15) is 18.0 Å². The molecule has 5 rings (SSSR count). The van der Waals surface area contributed by atoms with Gasteiger partial charge in [0.05, 0.1) is 16.8 Å². The number of hydrogen-bond donors (Lipinski definition) is 4. The van der Waals surface area contributed by atoms with Crippen molar-refractivity contribution in [1.29, 1.82) is 0 Å². The van der Waals surface area contributed by atoms with E-state index in [1.54, 1.807) is 24.0 Å². The summed E-state index contributed by atoms with van der Waals surface area (Å²) >= 11 is 0. The van der Waals surface area contributed by atoms with Gasteiger partial charge in [0.25, 0.3) is 0 Å². The molecule has 0 saturated carbocycles. The van der Waals surface area contributed by atoms with E-state index in [1.807, 2.05) is 30.1 Å². The van der Waals surface area contributed by atoms with Crippen molar-refractivity contribution in [2.24, 2.45) is 12.8 Å². The van der Waals surface area contributed by atoms with Crippen LogP contribution in [0.15, 0.2) is 48.7 Å². The van der Waals surface area contributed by atoms with Crippen LogP contribution in [0.25, 0.3) is 22.2 Å². The molecule has 2 aromatic carbocycles. The Kier molecular flexibility index (Phi) is 9.08. The van der Waals surface area contributed by atoms with Gasteiger partial charge in [-0.05, 0) is 49.8 Å². The van der Waals surface area contributed by atoms with Gasteiger partial charge in [0.15, 0.2) is 5.82 Å². The summed E-state index contributed by atoms with van der Waals surface area (Å²) in [6.07, 6.45) is -2.02. The number of halogens is 3. The molecule has 0 spiro atoms. The third-order valence-electron chi connectivity index (χ3n) is 7.32. The molecule has 2 aromatic heterocycles. The van der Waals surface area contributed by atoms with Gasteiger partial charge in [-0.3, -0.25) is 14.9 Å². The second kappa shape index (κ2) is 12.9. The maximum atomic E-state index is 13.9. The van der Waals surface area contributed by atoms with Gasteiger partial charge in [0, 0.05) is 75.2 Å². The van der Waals surface area contributed by atoms with Gasteiger partial charge >= 0.3 is 12.2 Å². The molecule has 0 atom stereocenters. The van der Waals surface area contributed by atoms with Crippen molar-refractivity contribution in [3.63, 3.8) is 0 Å². The number of aromatic nitrogens is 4. The maximum absolute atomic E-state index is 13.9. The van der Waals surface area contributed by atoms with Crippen LogP contribution in [0.2, 0.25) is 0 Å². The van der Waals surface area contributed by atoms with Crippen LogP contribution in [0.1, 0.15) is 17.5 Å². The van der Waals surface area contributed by atoms with E-state index < -0.39 is 17.8 Å². The zero-order valence-corrected chi connectivity index (χ0v) is 24.1. The van der Waals surface area contributed by atoms with Crippen molar-refractivity contribution in [2.75, 3.05) is 62.3 Å². The summed E-state index contributed by atoms with van der Waals surface area (Å²) in [5, 5.41) is 13.4. The molecule has 1 fully saturated rings. The third kappa shape index (κ3) is 7.58. The topological polar surface area (TPSA) is 129 Å². The maximum Gasteiger partial charge on any atom is 0.416 e. The lowest BCUT2D eigenvalue weighted by Crippen LogP contribution is -2.44. The van der Waals surface area contributed by atoms with E-state index >= 15 is 0 Å². The minimum absolute atomic E-state index is 0.0366. The van der Waals surface area contributed by atoms with Crippen LogP contribution < -0.4 is 21.7 Å². The number of rotatable bonds is 9. The number of benzene rings is 2. The van der Waals surface area contributed by atoms with Crippen molar-refractivity contribution in [1.82, 2.24) is 29.5 Å². The molecule has 1 aliphatic rings. The van der Waals surface area contributed by atoms with Gasteiger partial charge in [-0.2, -0.15) is 18.3 Å². The van der Waals surface area contributed by atoms with E-state index in [0.29, 0.717) is 32.1 Å². The van der Waals surface area contributed by atoms with E-state index in [-0.39, 0.29) is 23.6 Å². The number of piperazine rings is 1.